The second kappa shape index (κ2) is 4.58. The molecule has 5 nitrogen and oxygen atoms in total. The zero-order valence-electron chi connectivity index (χ0n) is 7.98. The number of primary amides is 1. The molecule has 0 aromatic carbocycles. The van der Waals surface area contributed by atoms with Crippen molar-refractivity contribution in [3.63, 3.8) is 0 Å². The Bertz CT molecular complexity index is 528. The molecule has 1 amide bonds. The average Bonchev–Trinajstić information content (AvgIpc) is 2.66. The maximum Gasteiger partial charge on any atom is 0.260 e. The highest BCUT2D eigenvalue weighted by atomic mass is 79.9. The Balaban J connectivity index is 2.17. The monoisotopic (exact) mass is 298 g/mol. The van der Waals surface area contributed by atoms with Crippen LogP contribution in [0.2, 0.25) is 0 Å². The molecule has 82 valence electrons. The lowest BCUT2D eigenvalue weighted by Crippen LogP contribution is -2.08. The van der Waals surface area contributed by atoms with Crippen molar-refractivity contribution in [1.29, 1.82) is 0 Å². The van der Waals surface area contributed by atoms with Crippen LogP contribution >= 0.6 is 27.3 Å². The molecule has 0 saturated heterocycles. The number of carbonyl (C=O) groups excluding carboxylic acids is 1. The summed E-state index contributed by atoms with van der Waals surface area (Å²) in [5.41, 5.74) is 5.13. The van der Waals surface area contributed by atoms with E-state index in [-0.39, 0.29) is 0 Å². The number of rotatable bonds is 3. The molecule has 0 unspecified atom stereocenters. The van der Waals surface area contributed by atoms with Crippen LogP contribution in [0, 0.1) is 0 Å². The van der Waals surface area contributed by atoms with Crippen LogP contribution in [0.4, 0.5) is 10.9 Å². The fraction of sp³-hybridized carbons (Fsp3) is 0. The average molecular weight is 299 g/mol. The first-order valence-corrected chi connectivity index (χ1v) is 5.91. The molecule has 0 fully saturated rings. The van der Waals surface area contributed by atoms with Crippen molar-refractivity contribution in [2.24, 2.45) is 5.73 Å². The summed E-state index contributed by atoms with van der Waals surface area (Å²) in [5, 5.41) is 3.56. The smallest absolute Gasteiger partial charge is 0.260 e. The zero-order valence-corrected chi connectivity index (χ0v) is 10.4. The highest BCUT2D eigenvalue weighted by molar-refractivity contribution is 9.10. The Kier molecular flexibility index (Phi) is 3.16. The third kappa shape index (κ3) is 2.56. The number of halogens is 1. The molecule has 0 atom stereocenters. The Hall–Kier alpha value is -1.47. The minimum Gasteiger partial charge on any atom is -0.365 e. The van der Waals surface area contributed by atoms with Crippen molar-refractivity contribution in [1.82, 2.24) is 9.97 Å². The quantitative estimate of drug-likeness (QED) is 0.851. The normalized spacial score (nSPS) is 10.1. The van der Waals surface area contributed by atoms with Crippen LogP contribution in [0.1, 0.15) is 9.67 Å². The maximum atomic E-state index is 10.9. The highest BCUT2D eigenvalue weighted by Gasteiger charge is 2.07. The van der Waals surface area contributed by atoms with Crippen LogP contribution in [0.5, 0.6) is 0 Å². The van der Waals surface area contributed by atoms with E-state index in [0.29, 0.717) is 15.8 Å². The summed E-state index contributed by atoms with van der Waals surface area (Å²) in [7, 11) is 0. The number of nitrogens with zero attached hydrogens (tertiary/aromatic N) is 2. The number of amides is 1. The second-order valence-electron chi connectivity index (χ2n) is 2.86. The van der Waals surface area contributed by atoms with Crippen LogP contribution < -0.4 is 11.1 Å². The van der Waals surface area contributed by atoms with Crippen LogP contribution in [-0.2, 0) is 0 Å². The third-order valence-electron chi connectivity index (χ3n) is 1.70. The molecule has 0 radical (unpaired) electrons. The Morgan fingerprint density at radius 2 is 2.31 bits per heavy atom. The topological polar surface area (TPSA) is 80.9 Å². The lowest BCUT2D eigenvalue weighted by molar-refractivity contribution is 0.100. The van der Waals surface area contributed by atoms with Gasteiger partial charge in [0.1, 0.15) is 15.3 Å². The van der Waals surface area contributed by atoms with Gasteiger partial charge in [0.25, 0.3) is 5.91 Å². The molecule has 16 heavy (non-hydrogen) atoms. The molecule has 0 saturated carbocycles. The van der Waals surface area contributed by atoms with Gasteiger partial charge in [-0.2, -0.15) is 0 Å². The summed E-state index contributed by atoms with van der Waals surface area (Å²) >= 11 is 4.45. The standard InChI is InChI=1S/C9H7BrN4OS/c10-6-2-1-3-7(13-6)14-9-12-4-5(16-9)8(11)15/h1-4H,(H2,11,15)(H,12,13,14). The van der Waals surface area contributed by atoms with Gasteiger partial charge in [0.15, 0.2) is 5.13 Å². The summed E-state index contributed by atoms with van der Waals surface area (Å²) < 4.78 is 0.726. The van der Waals surface area contributed by atoms with E-state index in [1.165, 1.54) is 17.5 Å². The summed E-state index contributed by atoms with van der Waals surface area (Å²) in [6.07, 6.45) is 1.44. The number of anilines is 2. The molecule has 2 heterocycles. The highest BCUT2D eigenvalue weighted by Crippen LogP contribution is 2.21. The molecule has 7 heteroatoms. The van der Waals surface area contributed by atoms with Gasteiger partial charge in [0.2, 0.25) is 0 Å². The van der Waals surface area contributed by atoms with Crippen LogP contribution in [0.3, 0.4) is 0 Å². The van der Waals surface area contributed by atoms with Gasteiger partial charge in [-0.15, -0.1) is 0 Å². The minimum absolute atomic E-state index is 0.414. The van der Waals surface area contributed by atoms with Crippen molar-refractivity contribution in [2.75, 3.05) is 5.32 Å². The van der Waals surface area contributed by atoms with E-state index in [0.717, 1.165) is 4.60 Å². The van der Waals surface area contributed by atoms with Gasteiger partial charge in [0, 0.05) is 0 Å². The number of nitrogens with one attached hydrogen (secondary N) is 1. The fourth-order valence-electron chi connectivity index (χ4n) is 1.03. The van der Waals surface area contributed by atoms with Crippen molar-refractivity contribution >= 4 is 44.1 Å². The van der Waals surface area contributed by atoms with Gasteiger partial charge in [0.05, 0.1) is 6.20 Å². The first-order valence-electron chi connectivity index (χ1n) is 4.30. The third-order valence-corrected chi connectivity index (χ3v) is 3.07. The molecular formula is C9H7BrN4OS. The van der Waals surface area contributed by atoms with E-state index in [1.807, 2.05) is 12.1 Å². The van der Waals surface area contributed by atoms with Crippen LogP contribution in [0.15, 0.2) is 29.0 Å². The number of carbonyl (C=O) groups is 1. The van der Waals surface area contributed by atoms with Crippen LogP contribution in [0.25, 0.3) is 0 Å². The summed E-state index contributed by atoms with van der Waals surface area (Å²) in [5.74, 6) is 0.174. The van der Waals surface area contributed by atoms with Crippen LogP contribution in [-0.4, -0.2) is 15.9 Å². The van der Waals surface area contributed by atoms with Crippen molar-refractivity contribution in [3.05, 3.63) is 33.9 Å². The second-order valence-corrected chi connectivity index (χ2v) is 4.71. The van der Waals surface area contributed by atoms with Gasteiger partial charge < -0.3 is 11.1 Å². The van der Waals surface area contributed by atoms with E-state index >= 15 is 0 Å². The van der Waals surface area contributed by atoms with E-state index < -0.39 is 5.91 Å². The van der Waals surface area contributed by atoms with Crippen molar-refractivity contribution in [3.8, 4) is 0 Å². The van der Waals surface area contributed by atoms with E-state index in [2.05, 4.69) is 31.2 Å². The molecule has 0 spiro atoms. The minimum atomic E-state index is -0.479. The van der Waals surface area contributed by atoms with Gasteiger partial charge in [-0.1, -0.05) is 17.4 Å². The van der Waals surface area contributed by atoms with Crippen molar-refractivity contribution in [2.45, 2.75) is 0 Å². The molecule has 2 rings (SSSR count). The van der Waals surface area contributed by atoms with E-state index in [1.54, 1.807) is 6.07 Å². The maximum absolute atomic E-state index is 10.9. The molecule has 0 aliphatic carbocycles. The van der Waals surface area contributed by atoms with Gasteiger partial charge in [-0.05, 0) is 28.1 Å². The lowest BCUT2D eigenvalue weighted by Gasteiger charge is -2.00. The first-order chi connectivity index (χ1) is 7.65. The molecule has 2 aromatic rings. The van der Waals surface area contributed by atoms with Gasteiger partial charge >= 0.3 is 0 Å². The molecule has 3 N–H and O–H groups in total. The SMILES string of the molecule is NC(=O)c1cnc(Nc2cccc(Br)n2)s1. The molecular weight excluding hydrogens is 292 g/mol. The lowest BCUT2D eigenvalue weighted by atomic mass is 10.5. The zero-order chi connectivity index (χ0) is 11.5. The number of aromatic nitrogens is 2. The summed E-state index contributed by atoms with van der Waals surface area (Å²) in [6, 6.07) is 5.47. The number of thiazole rings is 1. The predicted octanol–water partition coefficient (Wildman–Crippen LogP) is 2.14. The van der Waals surface area contributed by atoms with Gasteiger partial charge in [-0.3, -0.25) is 4.79 Å². The first kappa shape index (κ1) is 11.0. The fourth-order valence-corrected chi connectivity index (χ4v) is 2.05. The number of pyridine rings is 1. The van der Waals surface area contributed by atoms with Gasteiger partial charge in [-0.25, -0.2) is 9.97 Å². The van der Waals surface area contributed by atoms with E-state index in [9.17, 15) is 4.79 Å². The number of nitrogens with two attached hydrogens (primary N) is 1. The Labute approximate surface area is 104 Å². The molecule has 0 bridgehead atoms. The van der Waals surface area contributed by atoms with E-state index in [4.69, 9.17) is 5.73 Å². The summed E-state index contributed by atoms with van der Waals surface area (Å²) in [6.45, 7) is 0. The van der Waals surface area contributed by atoms with Crippen molar-refractivity contribution < 1.29 is 4.79 Å². The Morgan fingerprint density at radius 3 is 2.94 bits per heavy atom. The molecule has 0 aliphatic rings. The number of hydrogen-bond donors (Lipinski definition) is 2. The number of hydrogen-bond acceptors (Lipinski definition) is 5. The molecule has 2 aromatic heterocycles. The largest absolute Gasteiger partial charge is 0.365 e. The molecule has 0 aliphatic heterocycles. The Morgan fingerprint density at radius 1 is 1.50 bits per heavy atom. The predicted molar refractivity (Wildman–Crippen MR) is 65.9 cm³/mol. The summed E-state index contributed by atoms with van der Waals surface area (Å²) in [4.78, 5) is 19.5.